The molecule has 8 heteroatoms. The Labute approximate surface area is 180 Å². The van der Waals surface area contributed by atoms with Crippen LogP contribution in [0.3, 0.4) is 0 Å². The zero-order valence-corrected chi connectivity index (χ0v) is 18.0. The number of benzene rings is 3. The van der Waals surface area contributed by atoms with Crippen molar-refractivity contribution in [3.05, 3.63) is 94.5 Å². The van der Waals surface area contributed by atoms with Crippen LogP contribution in [0.5, 0.6) is 0 Å². The van der Waals surface area contributed by atoms with Crippen LogP contribution in [0.15, 0.2) is 82.8 Å². The maximum atomic E-state index is 12.4. The van der Waals surface area contributed by atoms with Crippen LogP contribution in [0.1, 0.15) is 28.4 Å². The SMILES string of the molecule is CC(=NNS(=O)(=O)c1ccc(C)cc1)c1cccc(NC(=O)c2cccc(Cl)c2)c1. The molecule has 0 aliphatic heterocycles. The molecule has 6 nitrogen and oxygen atoms in total. The standard InChI is InChI=1S/C22H20ClN3O3S/c1-15-9-11-21(12-10-15)30(28,29)26-25-16(2)17-5-4-8-20(14-17)24-22(27)18-6-3-7-19(23)13-18/h3-14,26H,1-2H3,(H,24,27). The van der Waals surface area contributed by atoms with E-state index in [1.165, 1.54) is 12.1 Å². The summed E-state index contributed by atoms with van der Waals surface area (Å²) in [6, 6.07) is 20.1. The minimum atomic E-state index is -3.77. The zero-order valence-electron chi connectivity index (χ0n) is 16.4. The molecule has 0 bridgehead atoms. The molecule has 1 amide bonds. The Bertz CT molecular complexity index is 1210. The maximum Gasteiger partial charge on any atom is 0.276 e. The number of anilines is 1. The average molecular weight is 442 g/mol. The van der Waals surface area contributed by atoms with Crippen LogP contribution in [-0.4, -0.2) is 20.0 Å². The molecular weight excluding hydrogens is 422 g/mol. The second kappa shape index (κ2) is 9.11. The van der Waals surface area contributed by atoms with Crippen LogP contribution in [0.4, 0.5) is 5.69 Å². The van der Waals surface area contributed by atoms with Gasteiger partial charge in [-0.25, -0.2) is 0 Å². The Kier molecular flexibility index (Phi) is 6.54. The van der Waals surface area contributed by atoms with Crippen LogP contribution < -0.4 is 10.1 Å². The maximum absolute atomic E-state index is 12.4. The molecule has 0 atom stereocenters. The van der Waals surface area contributed by atoms with Gasteiger partial charge in [-0.05, 0) is 61.9 Å². The summed E-state index contributed by atoms with van der Waals surface area (Å²) in [4.78, 5) is 14.8. The number of nitrogens with one attached hydrogen (secondary N) is 2. The van der Waals surface area contributed by atoms with Crippen LogP contribution in [0.25, 0.3) is 0 Å². The Balaban J connectivity index is 1.74. The lowest BCUT2D eigenvalue weighted by Gasteiger charge is -2.09. The molecule has 3 aromatic carbocycles. The number of amides is 1. The average Bonchev–Trinajstić information content (AvgIpc) is 2.72. The molecule has 0 fully saturated rings. The van der Waals surface area contributed by atoms with Gasteiger partial charge in [0.1, 0.15) is 0 Å². The summed E-state index contributed by atoms with van der Waals surface area (Å²) in [5.41, 5.74) is 3.05. The molecule has 0 spiro atoms. The number of carbonyl (C=O) groups excluding carboxylic acids is 1. The van der Waals surface area contributed by atoms with Crippen molar-refractivity contribution in [3.8, 4) is 0 Å². The molecule has 3 aromatic rings. The summed E-state index contributed by atoms with van der Waals surface area (Å²) in [5, 5.41) is 7.27. The highest BCUT2D eigenvalue weighted by Gasteiger charge is 2.13. The van der Waals surface area contributed by atoms with Gasteiger partial charge in [-0.15, -0.1) is 0 Å². The third-order valence-electron chi connectivity index (χ3n) is 4.29. The first-order valence-corrected chi connectivity index (χ1v) is 10.9. The zero-order chi connectivity index (χ0) is 21.7. The normalized spacial score (nSPS) is 11.8. The van der Waals surface area contributed by atoms with Crippen LogP contribution in [-0.2, 0) is 10.0 Å². The van der Waals surface area contributed by atoms with Crippen molar-refractivity contribution in [1.29, 1.82) is 0 Å². The first-order chi connectivity index (χ1) is 14.2. The second-order valence-corrected chi connectivity index (χ2v) is 8.75. The fourth-order valence-corrected chi connectivity index (χ4v) is 3.67. The largest absolute Gasteiger partial charge is 0.322 e. The Morgan fingerprint density at radius 1 is 0.933 bits per heavy atom. The number of carbonyl (C=O) groups is 1. The number of sulfonamides is 1. The third-order valence-corrected chi connectivity index (χ3v) is 5.75. The summed E-state index contributed by atoms with van der Waals surface area (Å²) in [6.07, 6.45) is 0. The molecule has 2 N–H and O–H groups in total. The van der Waals surface area contributed by atoms with Crippen LogP contribution >= 0.6 is 11.6 Å². The molecule has 0 saturated carbocycles. The Hall–Kier alpha value is -3.16. The van der Waals surface area contributed by atoms with E-state index < -0.39 is 10.0 Å². The van der Waals surface area contributed by atoms with Gasteiger partial charge in [-0.3, -0.25) is 4.79 Å². The van der Waals surface area contributed by atoms with E-state index in [1.807, 2.05) is 6.92 Å². The van der Waals surface area contributed by atoms with E-state index in [0.717, 1.165) is 5.56 Å². The van der Waals surface area contributed by atoms with Gasteiger partial charge in [0.15, 0.2) is 0 Å². The molecule has 0 saturated heterocycles. The summed E-state index contributed by atoms with van der Waals surface area (Å²) in [7, 11) is -3.77. The summed E-state index contributed by atoms with van der Waals surface area (Å²) in [5.74, 6) is -0.302. The Morgan fingerprint density at radius 3 is 2.30 bits per heavy atom. The number of hydrazone groups is 1. The molecule has 0 heterocycles. The fourth-order valence-electron chi connectivity index (χ4n) is 2.62. The number of hydrogen-bond donors (Lipinski definition) is 2. The Morgan fingerprint density at radius 2 is 1.60 bits per heavy atom. The lowest BCUT2D eigenvalue weighted by molar-refractivity contribution is 0.102. The highest BCUT2D eigenvalue weighted by Crippen LogP contribution is 2.16. The van der Waals surface area contributed by atoms with E-state index in [9.17, 15) is 13.2 Å². The molecule has 0 radical (unpaired) electrons. The molecule has 0 aliphatic rings. The second-order valence-electron chi connectivity index (χ2n) is 6.65. The van der Waals surface area contributed by atoms with Gasteiger partial charge in [0, 0.05) is 16.3 Å². The minimum absolute atomic E-state index is 0.132. The lowest BCUT2D eigenvalue weighted by atomic mass is 10.1. The monoisotopic (exact) mass is 441 g/mol. The van der Waals surface area contributed by atoms with E-state index >= 15 is 0 Å². The van der Waals surface area contributed by atoms with Crippen molar-refractivity contribution in [2.45, 2.75) is 18.7 Å². The van der Waals surface area contributed by atoms with Crippen molar-refractivity contribution < 1.29 is 13.2 Å². The summed E-state index contributed by atoms with van der Waals surface area (Å²) < 4.78 is 24.8. The first kappa shape index (κ1) is 21.5. The number of hydrogen-bond acceptors (Lipinski definition) is 4. The van der Waals surface area contributed by atoms with Crippen LogP contribution in [0.2, 0.25) is 5.02 Å². The van der Waals surface area contributed by atoms with Gasteiger partial charge in [0.2, 0.25) is 0 Å². The van der Waals surface area contributed by atoms with Gasteiger partial charge in [0.25, 0.3) is 15.9 Å². The van der Waals surface area contributed by atoms with E-state index in [2.05, 4.69) is 15.2 Å². The van der Waals surface area contributed by atoms with Gasteiger partial charge < -0.3 is 5.32 Å². The number of nitrogens with zero attached hydrogens (tertiary/aromatic N) is 1. The van der Waals surface area contributed by atoms with Crippen molar-refractivity contribution in [2.24, 2.45) is 5.10 Å². The van der Waals surface area contributed by atoms with Crippen molar-refractivity contribution in [1.82, 2.24) is 4.83 Å². The minimum Gasteiger partial charge on any atom is -0.322 e. The smallest absolute Gasteiger partial charge is 0.276 e. The van der Waals surface area contributed by atoms with Gasteiger partial charge >= 0.3 is 0 Å². The van der Waals surface area contributed by atoms with Crippen molar-refractivity contribution in [2.75, 3.05) is 5.32 Å². The lowest BCUT2D eigenvalue weighted by Crippen LogP contribution is -2.20. The quantitative estimate of drug-likeness (QED) is 0.432. The number of aryl methyl sites for hydroxylation is 1. The van der Waals surface area contributed by atoms with Gasteiger partial charge in [-0.2, -0.15) is 18.4 Å². The molecule has 0 unspecified atom stereocenters. The summed E-state index contributed by atoms with van der Waals surface area (Å²) in [6.45, 7) is 3.56. The van der Waals surface area contributed by atoms with Gasteiger partial charge in [0.05, 0.1) is 10.6 Å². The van der Waals surface area contributed by atoms with Gasteiger partial charge in [-0.1, -0.05) is 47.5 Å². The van der Waals surface area contributed by atoms with E-state index in [1.54, 1.807) is 67.6 Å². The highest BCUT2D eigenvalue weighted by molar-refractivity contribution is 7.89. The van der Waals surface area contributed by atoms with E-state index in [0.29, 0.717) is 27.5 Å². The molecule has 154 valence electrons. The van der Waals surface area contributed by atoms with E-state index in [4.69, 9.17) is 11.6 Å². The highest BCUT2D eigenvalue weighted by atomic mass is 35.5. The van der Waals surface area contributed by atoms with Crippen molar-refractivity contribution >= 4 is 38.9 Å². The topological polar surface area (TPSA) is 87.6 Å². The molecule has 3 rings (SSSR count). The molecular formula is C22H20ClN3O3S. The predicted molar refractivity (Wildman–Crippen MR) is 120 cm³/mol. The van der Waals surface area contributed by atoms with Crippen LogP contribution in [0, 0.1) is 6.92 Å². The predicted octanol–water partition coefficient (Wildman–Crippen LogP) is 4.60. The fraction of sp³-hybridized carbons (Fsp3) is 0.0909. The third kappa shape index (κ3) is 5.46. The van der Waals surface area contributed by atoms with Crippen molar-refractivity contribution in [3.63, 3.8) is 0 Å². The number of rotatable bonds is 6. The molecule has 30 heavy (non-hydrogen) atoms. The molecule has 0 aliphatic carbocycles. The first-order valence-electron chi connectivity index (χ1n) is 9.05. The summed E-state index contributed by atoms with van der Waals surface area (Å²) >= 11 is 5.93. The number of halogens is 1. The molecule has 0 aromatic heterocycles. The van der Waals surface area contributed by atoms with E-state index in [-0.39, 0.29) is 10.8 Å².